The van der Waals surface area contributed by atoms with Crippen LogP contribution in [0.2, 0.25) is 0 Å². The number of anilines is 2. The molecule has 0 spiro atoms. The van der Waals surface area contributed by atoms with Crippen LogP contribution < -0.4 is 10.0 Å². The van der Waals surface area contributed by atoms with Gasteiger partial charge in [-0.15, -0.1) is 10.2 Å². The Bertz CT molecular complexity index is 732. The molecule has 0 aliphatic carbocycles. The number of aromatic nitrogens is 3. The van der Waals surface area contributed by atoms with Gasteiger partial charge in [-0.05, 0) is 35.3 Å². The van der Waals surface area contributed by atoms with E-state index in [2.05, 4.69) is 41.2 Å². The van der Waals surface area contributed by atoms with Crippen molar-refractivity contribution in [1.29, 1.82) is 0 Å². The van der Waals surface area contributed by atoms with Crippen LogP contribution in [0.5, 0.6) is 0 Å². The average molecular weight is 392 g/mol. The summed E-state index contributed by atoms with van der Waals surface area (Å²) in [6.07, 6.45) is 2.41. The monoisotopic (exact) mass is 391 g/mol. The van der Waals surface area contributed by atoms with Crippen LogP contribution in [0.3, 0.4) is 0 Å². The quantitative estimate of drug-likeness (QED) is 0.785. The fourth-order valence-electron chi connectivity index (χ4n) is 1.51. The number of pyridine rings is 1. The third-order valence-electron chi connectivity index (χ3n) is 2.40. The minimum absolute atomic E-state index is 0.0678. The smallest absolute Gasteiger partial charge is 0.267 e. The van der Waals surface area contributed by atoms with Gasteiger partial charge in [-0.25, -0.2) is 13.4 Å². The highest BCUT2D eigenvalue weighted by atomic mass is 79.9. The van der Waals surface area contributed by atoms with E-state index in [9.17, 15) is 8.42 Å². The highest BCUT2D eigenvalue weighted by Crippen LogP contribution is 2.26. The molecule has 0 radical (unpaired) electrons. The van der Waals surface area contributed by atoms with Crippen LogP contribution in [0, 0.1) is 6.92 Å². The van der Waals surface area contributed by atoms with Crippen molar-refractivity contribution >= 4 is 48.2 Å². The molecule has 0 fully saturated rings. The maximum absolute atomic E-state index is 12.5. The van der Waals surface area contributed by atoms with E-state index in [-0.39, 0.29) is 10.0 Å². The van der Waals surface area contributed by atoms with Crippen molar-refractivity contribution in [2.24, 2.45) is 0 Å². The number of hydrogen-bond acceptors (Lipinski definition) is 7. The molecular formula is C11H14BrN5O2S2. The van der Waals surface area contributed by atoms with Crippen LogP contribution in [-0.4, -0.2) is 30.1 Å². The maximum Gasteiger partial charge on any atom is 0.267 e. The molecule has 2 rings (SSSR count). The summed E-state index contributed by atoms with van der Waals surface area (Å²) in [7, 11) is -3.78. The molecule has 2 N–H and O–H groups in total. The zero-order valence-corrected chi connectivity index (χ0v) is 14.6. The Morgan fingerprint density at radius 2 is 2.14 bits per heavy atom. The molecule has 21 heavy (non-hydrogen) atoms. The zero-order valence-electron chi connectivity index (χ0n) is 11.4. The van der Waals surface area contributed by atoms with Crippen LogP contribution in [0.4, 0.5) is 10.9 Å². The first-order valence-corrected chi connectivity index (χ1v) is 9.24. The second kappa shape index (κ2) is 6.67. The second-order valence-electron chi connectivity index (χ2n) is 4.16. The van der Waals surface area contributed by atoms with E-state index in [1.807, 2.05) is 6.92 Å². The topological polar surface area (TPSA) is 96.9 Å². The molecule has 0 saturated heterocycles. The highest BCUT2D eigenvalue weighted by molar-refractivity contribution is 9.10. The highest BCUT2D eigenvalue weighted by Gasteiger charge is 2.22. The molecule has 0 unspecified atom stereocenters. The molecule has 0 saturated carbocycles. The molecular weight excluding hydrogens is 378 g/mol. The summed E-state index contributed by atoms with van der Waals surface area (Å²) in [6, 6.07) is 1.50. The van der Waals surface area contributed by atoms with Gasteiger partial charge in [0.1, 0.15) is 15.7 Å². The van der Waals surface area contributed by atoms with Gasteiger partial charge in [-0.2, -0.15) is 0 Å². The first-order chi connectivity index (χ1) is 9.92. The van der Waals surface area contributed by atoms with Crippen LogP contribution in [0.25, 0.3) is 0 Å². The molecule has 0 atom stereocenters. The van der Waals surface area contributed by atoms with Crippen molar-refractivity contribution in [3.8, 4) is 0 Å². The standard InChI is InChI=1S/C11H14BrN5O2S2/c1-3-4-13-10-9(5-8(12)6-14-10)21(18,19)17-11-16-15-7(2)20-11/h5-6H,3-4H2,1-2H3,(H,13,14)(H,16,17). The SMILES string of the molecule is CCCNc1ncc(Br)cc1S(=O)(=O)Nc1nnc(C)s1. The van der Waals surface area contributed by atoms with E-state index in [1.54, 1.807) is 13.1 Å². The predicted octanol–water partition coefficient (Wildman–Crippen LogP) is 2.63. The van der Waals surface area contributed by atoms with Crippen LogP contribution in [0.15, 0.2) is 21.6 Å². The lowest BCUT2D eigenvalue weighted by atomic mass is 10.4. The number of halogens is 1. The summed E-state index contributed by atoms with van der Waals surface area (Å²) in [6.45, 7) is 4.38. The van der Waals surface area contributed by atoms with E-state index in [0.29, 0.717) is 21.8 Å². The van der Waals surface area contributed by atoms with Gasteiger partial charge in [0, 0.05) is 17.2 Å². The summed E-state index contributed by atoms with van der Waals surface area (Å²) < 4.78 is 27.9. The average Bonchev–Trinajstić information content (AvgIpc) is 2.82. The van der Waals surface area contributed by atoms with E-state index in [4.69, 9.17) is 0 Å². The van der Waals surface area contributed by atoms with Crippen LogP contribution in [-0.2, 0) is 10.0 Å². The van der Waals surface area contributed by atoms with Gasteiger partial charge in [-0.3, -0.25) is 4.72 Å². The Morgan fingerprint density at radius 1 is 1.38 bits per heavy atom. The number of sulfonamides is 1. The molecule has 0 aliphatic rings. The van der Waals surface area contributed by atoms with Gasteiger partial charge in [-0.1, -0.05) is 18.3 Å². The van der Waals surface area contributed by atoms with E-state index >= 15 is 0 Å². The molecule has 0 aliphatic heterocycles. The van der Waals surface area contributed by atoms with Crippen molar-refractivity contribution in [3.05, 3.63) is 21.7 Å². The first-order valence-electron chi connectivity index (χ1n) is 6.14. The lowest BCUT2D eigenvalue weighted by Crippen LogP contribution is -2.16. The molecule has 2 heterocycles. The van der Waals surface area contributed by atoms with Gasteiger partial charge >= 0.3 is 0 Å². The van der Waals surface area contributed by atoms with E-state index in [0.717, 1.165) is 6.42 Å². The molecule has 2 aromatic heterocycles. The van der Waals surface area contributed by atoms with Crippen molar-refractivity contribution in [1.82, 2.24) is 15.2 Å². The summed E-state index contributed by atoms with van der Waals surface area (Å²) in [5.74, 6) is 0.314. The summed E-state index contributed by atoms with van der Waals surface area (Å²) in [5, 5.41) is 11.5. The van der Waals surface area contributed by atoms with Gasteiger partial charge in [0.25, 0.3) is 10.0 Å². The lowest BCUT2D eigenvalue weighted by Gasteiger charge is -2.11. The second-order valence-corrected chi connectivity index (χ2v) is 7.91. The maximum atomic E-state index is 12.5. The Balaban J connectivity index is 2.35. The third-order valence-corrected chi connectivity index (χ3v) is 5.07. The molecule has 7 nitrogen and oxygen atoms in total. The molecule has 114 valence electrons. The van der Waals surface area contributed by atoms with Gasteiger partial charge in [0.2, 0.25) is 5.13 Å². The minimum Gasteiger partial charge on any atom is -0.369 e. The molecule has 0 bridgehead atoms. The van der Waals surface area contributed by atoms with Gasteiger partial charge < -0.3 is 5.32 Å². The van der Waals surface area contributed by atoms with Crippen LogP contribution in [0.1, 0.15) is 18.4 Å². The normalized spacial score (nSPS) is 11.4. The van der Waals surface area contributed by atoms with Crippen molar-refractivity contribution in [2.45, 2.75) is 25.2 Å². The molecule has 0 aromatic carbocycles. The van der Waals surface area contributed by atoms with Gasteiger partial charge in [0.15, 0.2) is 0 Å². The third kappa shape index (κ3) is 4.11. The lowest BCUT2D eigenvalue weighted by molar-refractivity contribution is 0.601. The minimum atomic E-state index is -3.78. The number of aryl methyl sites for hydroxylation is 1. The molecule has 0 amide bonds. The number of nitrogens with zero attached hydrogens (tertiary/aromatic N) is 3. The predicted molar refractivity (Wildman–Crippen MR) is 86.2 cm³/mol. The van der Waals surface area contributed by atoms with Crippen molar-refractivity contribution in [2.75, 3.05) is 16.6 Å². The largest absolute Gasteiger partial charge is 0.369 e. The summed E-state index contributed by atoms with van der Waals surface area (Å²) >= 11 is 4.41. The fourth-order valence-corrected chi connectivity index (χ4v) is 3.97. The summed E-state index contributed by atoms with van der Waals surface area (Å²) in [4.78, 5) is 4.19. The van der Waals surface area contributed by atoms with Crippen LogP contribution >= 0.6 is 27.3 Å². The Morgan fingerprint density at radius 3 is 2.76 bits per heavy atom. The Hall–Kier alpha value is -1.26. The Labute approximate surface area is 135 Å². The van der Waals surface area contributed by atoms with Crippen molar-refractivity contribution < 1.29 is 8.42 Å². The number of hydrogen-bond donors (Lipinski definition) is 2. The van der Waals surface area contributed by atoms with Gasteiger partial charge in [0.05, 0.1) is 0 Å². The fraction of sp³-hybridized carbons (Fsp3) is 0.364. The Kier molecular flexibility index (Phi) is 5.12. The molecule has 2 aromatic rings. The zero-order chi connectivity index (χ0) is 15.5. The van der Waals surface area contributed by atoms with E-state index < -0.39 is 10.0 Å². The van der Waals surface area contributed by atoms with Crippen molar-refractivity contribution in [3.63, 3.8) is 0 Å². The summed E-state index contributed by atoms with van der Waals surface area (Å²) in [5.41, 5.74) is 0. The number of nitrogens with one attached hydrogen (secondary N) is 2. The number of rotatable bonds is 6. The molecule has 10 heteroatoms. The van der Waals surface area contributed by atoms with E-state index in [1.165, 1.54) is 17.4 Å². The first kappa shape index (κ1) is 16.1.